The molecule has 0 aliphatic rings. The Kier molecular flexibility index (Phi) is 9.38. The third kappa shape index (κ3) is 7.48. The molecular weight excluding hydrogens is 408 g/mol. The second kappa shape index (κ2) is 12.0. The fourth-order valence-electron chi connectivity index (χ4n) is 3.13. The molecule has 1 atom stereocenters. The zero-order chi connectivity index (χ0) is 23.7. The van der Waals surface area contributed by atoms with Crippen LogP contribution < -0.4 is 19.5 Å². The van der Waals surface area contributed by atoms with Crippen LogP contribution in [0.1, 0.15) is 31.9 Å². The summed E-state index contributed by atoms with van der Waals surface area (Å²) in [6.45, 7) is 8.42. The zero-order valence-electron chi connectivity index (χ0n) is 19.8. The standard InChI is InChI=1S/C25H34N2O5/c1-17(2)14-26-25(29)19(4)27(15-20-9-7-8-18(3)10-20)24(28)16-32-23-12-21(30-5)11-22(13-23)31-6/h7-13,17,19H,14-16H2,1-6H3,(H,26,29)/t19-/m0/s1. The Morgan fingerprint density at radius 1 is 0.969 bits per heavy atom. The molecule has 1 N–H and O–H groups in total. The molecule has 0 aromatic heterocycles. The molecule has 7 heteroatoms. The number of carbonyl (C=O) groups is 2. The highest BCUT2D eigenvalue weighted by molar-refractivity contribution is 5.88. The number of benzene rings is 2. The molecule has 7 nitrogen and oxygen atoms in total. The highest BCUT2D eigenvalue weighted by Gasteiger charge is 2.26. The average Bonchev–Trinajstić information content (AvgIpc) is 2.78. The number of amides is 2. The van der Waals surface area contributed by atoms with Gasteiger partial charge in [0.15, 0.2) is 6.61 Å². The van der Waals surface area contributed by atoms with Gasteiger partial charge in [-0.15, -0.1) is 0 Å². The van der Waals surface area contributed by atoms with E-state index >= 15 is 0 Å². The van der Waals surface area contributed by atoms with Crippen LogP contribution in [0.5, 0.6) is 17.2 Å². The van der Waals surface area contributed by atoms with Crippen molar-refractivity contribution in [2.24, 2.45) is 5.92 Å². The van der Waals surface area contributed by atoms with Crippen molar-refractivity contribution in [3.05, 3.63) is 53.6 Å². The van der Waals surface area contributed by atoms with Gasteiger partial charge in [-0.1, -0.05) is 43.7 Å². The lowest BCUT2D eigenvalue weighted by Crippen LogP contribution is -2.49. The van der Waals surface area contributed by atoms with Gasteiger partial charge in [0.1, 0.15) is 23.3 Å². The van der Waals surface area contributed by atoms with E-state index in [1.54, 1.807) is 44.2 Å². The van der Waals surface area contributed by atoms with Crippen molar-refractivity contribution in [1.29, 1.82) is 0 Å². The van der Waals surface area contributed by atoms with Crippen molar-refractivity contribution in [2.75, 3.05) is 27.4 Å². The van der Waals surface area contributed by atoms with Gasteiger partial charge in [-0.3, -0.25) is 9.59 Å². The molecule has 0 aliphatic carbocycles. The van der Waals surface area contributed by atoms with Crippen LogP contribution in [0, 0.1) is 12.8 Å². The fourth-order valence-corrected chi connectivity index (χ4v) is 3.13. The molecule has 2 aromatic rings. The number of carbonyl (C=O) groups excluding carboxylic acids is 2. The molecule has 2 rings (SSSR count). The van der Waals surface area contributed by atoms with E-state index in [0.717, 1.165) is 11.1 Å². The number of ether oxygens (including phenoxy) is 3. The van der Waals surface area contributed by atoms with Crippen molar-refractivity contribution in [1.82, 2.24) is 10.2 Å². The Labute approximate surface area is 190 Å². The van der Waals surface area contributed by atoms with Gasteiger partial charge in [-0.25, -0.2) is 0 Å². The van der Waals surface area contributed by atoms with E-state index in [2.05, 4.69) is 5.32 Å². The van der Waals surface area contributed by atoms with Crippen molar-refractivity contribution in [2.45, 2.75) is 40.3 Å². The van der Waals surface area contributed by atoms with Crippen molar-refractivity contribution in [3.8, 4) is 17.2 Å². The van der Waals surface area contributed by atoms with Gasteiger partial charge < -0.3 is 24.4 Å². The second-order valence-corrected chi connectivity index (χ2v) is 8.16. The quantitative estimate of drug-likeness (QED) is 0.576. The summed E-state index contributed by atoms with van der Waals surface area (Å²) in [5.74, 6) is 1.40. The zero-order valence-corrected chi connectivity index (χ0v) is 19.8. The van der Waals surface area contributed by atoms with Gasteiger partial charge in [-0.05, 0) is 25.3 Å². The van der Waals surface area contributed by atoms with E-state index in [4.69, 9.17) is 14.2 Å². The lowest BCUT2D eigenvalue weighted by atomic mass is 10.1. The molecule has 0 aliphatic heterocycles. The number of hydrogen-bond donors (Lipinski definition) is 1. The number of nitrogens with zero attached hydrogens (tertiary/aromatic N) is 1. The molecule has 2 aromatic carbocycles. The predicted octanol–water partition coefficient (Wildman–Crippen LogP) is 3.58. The number of hydrogen-bond acceptors (Lipinski definition) is 5. The normalized spacial score (nSPS) is 11.6. The first-order chi connectivity index (χ1) is 15.2. The van der Waals surface area contributed by atoms with Crippen molar-refractivity contribution in [3.63, 3.8) is 0 Å². The first-order valence-electron chi connectivity index (χ1n) is 10.7. The van der Waals surface area contributed by atoms with E-state index in [1.807, 2.05) is 45.0 Å². The highest BCUT2D eigenvalue weighted by atomic mass is 16.5. The van der Waals surface area contributed by atoms with Crippen LogP contribution in [0.2, 0.25) is 0 Å². The van der Waals surface area contributed by atoms with Crippen LogP contribution in [0.25, 0.3) is 0 Å². The average molecular weight is 443 g/mol. The molecular formula is C25H34N2O5. The molecule has 0 spiro atoms. The first kappa shape index (κ1) is 25.0. The van der Waals surface area contributed by atoms with Crippen LogP contribution in [0.4, 0.5) is 0 Å². The van der Waals surface area contributed by atoms with Gasteiger partial charge in [0.25, 0.3) is 5.91 Å². The fraction of sp³-hybridized carbons (Fsp3) is 0.440. The van der Waals surface area contributed by atoms with E-state index in [0.29, 0.717) is 36.3 Å². The number of methoxy groups -OCH3 is 2. The minimum atomic E-state index is -0.648. The SMILES string of the molecule is COc1cc(OC)cc(OCC(=O)N(Cc2cccc(C)c2)[C@@H](C)C(=O)NCC(C)C)c1. The third-order valence-electron chi connectivity index (χ3n) is 4.97. The van der Waals surface area contributed by atoms with E-state index in [1.165, 1.54) is 0 Å². The molecule has 0 saturated heterocycles. The van der Waals surface area contributed by atoms with Crippen molar-refractivity contribution < 1.29 is 23.8 Å². The Balaban J connectivity index is 2.18. The summed E-state index contributed by atoms with van der Waals surface area (Å²) in [5, 5.41) is 2.91. The first-order valence-corrected chi connectivity index (χ1v) is 10.7. The van der Waals surface area contributed by atoms with Gasteiger partial charge in [0, 0.05) is 31.3 Å². The summed E-state index contributed by atoms with van der Waals surface area (Å²) in [6, 6.07) is 12.3. The maximum absolute atomic E-state index is 13.2. The number of nitrogens with one attached hydrogen (secondary N) is 1. The van der Waals surface area contributed by atoms with Crippen molar-refractivity contribution >= 4 is 11.8 Å². The highest BCUT2D eigenvalue weighted by Crippen LogP contribution is 2.27. The van der Waals surface area contributed by atoms with E-state index in [-0.39, 0.29) is 18.4 Å². The van der Waals surface area contributed by atoms with Gasteiger partial charge in [0.2, 0.25) is 5.91 Å². The lowest BCUT2D eigenvalue weighted by Gasteiger charge is -2.29. The summed E-state index contributed by atoms with van der Waals surface area (Å²) < 4.78 is 16.2. The summed E-state index contributed by atoms with van der Waals surface area (Å²) >= 11 is 0. The Morgan fingerprint density at radius 2 is 1.59 bits per heavy atom. The molecule has 2 amide bonds. The summed E-state index contributed by atoms with van der Waals surface area (Å²) in [4.78, 5) is 27.4. The largest absolute Gasteiger partial charge is 0.496 e. The maximum Gasteiger partial charge on any atom is 0.261 e. The molecule has 0 saturated carbocycles. The van der Waals surface area contributed by atoms with Gasteiger partial charge >= 0.3 is 0 Å². The smallest absolute Gasteiger partial charge is 0.261 e. The summed E-state index contributed by atoms with van der Waals surface area (Å²) in [6.07, 6.45) is 0. The van der Waals surface area contributed by atoms with Crippen LogP contribution in [0.15, 0.2) is 42.5 Å². The number of aryl methyl sites for hydroxylation is 1. The predicted molar refractivity (Wildman–Crippen MR) is 124 cm³/mol. The molecule has 0 fully saturated rings. The second-order valence-electron chi connectivity index (χ2n) is 8.16. The van der Waals surface area contributed by atoms with Gasteiger partial charge in [-0.2, -0.15) is 0 Å². The lowest BCUT2D eigenvalue weighted by molar-refractivity contribution is -0.142. The van der Waals surface area contributed by atoms with Crippen LogP contribution in [-0.4, -0.2) is 50.1 Å². The summed E-state index contributed by atoms with van der Waals surface area (Å²) in [5.41, 5.74) is 2.04. The van der Waals surface area contributed by atoms with Crippen LogP contribution >= 0.6 is 0 Å². The third-order valence-corrected chi connectivity index (χ3v) is 4.97. The maximum atomic E-state index is 13.2. The molecule has 0 heterocycles. The Morgan fingerprint density at radius 3 is 2.16 bits per heavy atom. The van der Waals surface area contributed by atoms with E-state index in [9.17, 15) is 9.59 Å². The molecule has 0 bridgehead atoms. The van der Waals surface area contributed by atoms with Crippen LogP contribution in [0.3, 0.4) is 0 Å². The van der Waals surface area contributed by atoms with Crippen LogP contribution in [-0.2, 0) is 16.1 Å². The number of rotatable bonds is 11. The molecule has 0 radical (unpaired) electrons. The minimum absolute atomic E-state index is 0.192. The van der Waals surface area contributed by atoms with E-state index < -0.39 is 6.04 Å². The molecule has 32 heavy (non-hydrogen) atoms. The summed E-state index contributed by atoms with van der Waals surface area (Å²) in [7, 11) is 3.09. The minimum Gasteiger partial charge on any atom is -0.496 e. The topological polar surface area (TPSA) is 77.1 Å². The monoisotopic (exact) mass is 442 g/mol. The Bertz CT molecular complexity index is 891. The molecule has 0 unspecified atom stereocenters. The molecule has 174 valence electrons. The Hall–Kier alpha value is -3.22. The van der Waals surface area contributed by atoms with Gasteiger partial charge in [0.05, 0.1) is 14.2 Å².